The SMILES string of the molecule is C=CCNc1snc(N)c1S(=O)(=O)CCC. The van der Waals surface area contributed by atoms with E-state index in [1.807, 2.05) is 6.92 Å². The first kappa shape index (κ1) is 13.0. The highest BCUT2D eigenvalue weighted by Gasteiger charge is 2.24. The van der Waals surface area contributed by atoms with Crippen molar-refractivity contribution < 1.29 is 8.42 Å². The molecule has 1 heterocycles. The summed E-state index contributed by atoms with van der Waals surface area (Å²) in [6, 6.07) is 0. The standard InChI is InChI=1S/C9H15N3O2S2/c1-3-5-11-9-7(8(10)12-15-9)16(13,14)6-4-2/h3,11H,1,4-6H2,2H3,(H2,10,12). The first-order valence-electron chi connectivity index (χ1n) is 4.85. The van der Waals surface area contributed by atoms with Crippen LogP contribution in [0.5, 0.6) is 0 Å². The van der Waals surface area contributed by atoms with E-state index in [2.05, 4.69) is 16.3 Å². The Balaban J connectivity index is 3.10. The molecule has 0 unspecified atom stereocenters. The average Bonchev–Trinajstić information content (AvgIpc) is 2.57. The fourth-order valence-electron chi connectivity index (χ4n) is 1.24. The van der Waals surface area contributed by atoms with Crippen LogP contribution in [-0.2, 0) is 9.84 Å². The Kier molecular flexibility index (Phi) is 4.31. The molecule has 1 rings (SSSR count). The molecule has 1 aromatic heterocycles. The zero-order valence-corrected chi connectivity index (χ0v) is 10.7. The van der Waals surface area contributed by atoms with Crippen LogP contribution in [0.2, 0.25) is 0 Å². The van der Waals surface area contributed by atoms with Crippen LogP contribution in [0.4, 0.5) is 10.8 Å². The molecule has 3 N–H and O–H groups in total. The van der Waals surface area contributed by atoms with Crippen molar-refractivity contribution in [1.29, 1.82) is 0 Å². The molecule has 0 radical (unpaired) electrons. The Morgan fingerprint density at radius 3 is 2.88 bits per heavy atom. The number of nitrogens with zero attached hydrogens (tertiary/aromatic N) is 1. The summed E-state index contributed by atoms with van der Waals surface area (Å²) in [5.41, 5.74) is 5.58. The monoisotopic (exact) mass is 261 g/mol. The molecule has 0 bridgehead atoms. The molecule has 0 aliphatic rings. The Labute approximate surface area is 99.4 Å². The second-order valence-electron chi connectivity index (χ2n) is 3.21. The zero-order valence-electron chi connectivity index (χ0n) is 9.06. The first-order valence-corrected chi connectivity index (χ1v) is 7.28. The van der Waals surface area contributed by atoms with Crippen LogP contribution in [0.1, 0.15) is 13.3 Å². The van der Waals surface area contributed by atoms with Crippen molar-refractivity contribution in [3.63, 3.8) is 0 Å². The third kappa shape index (κ3) is 2.73. The number of anilines is 2. The van der Waals surface area contributed by atoms with Crippen molar-refractivity contribution >= 4 is 32.2 Å². The molecule has 7 heteroatoms. The van der Waals surface area contributed by atoms with E-state index in [9.17, 15) is 8.42 Å². The summed E-state index contributed by atoms with van der Waals surface area (Å²) in [6.07, 6.45) is 2.20. The largest absolute Gasteiger partial charge is 0.382 e. The lowest BCUT2D eigenvalue weighted by atomic mass is 10.5. The molecule has 0 aliphatic heterocycles. The van der Waals surface area contributed by atoms with Gasteiger partial charge in [0.25, 0.3) is 0 Å². The van der Waals surface area contributed by atoms with Gasteiger partial charge in [0, 0.05) is 6.54 Å². The summed E-state index contributed by atoms with van der Waals surface area (Å²) in [5.74, 6) is 0.156. The van der Waals surface area contributed by atoms with Crippen LogP contribution in [0.25, 0.3) is 0 Å². The van der Waals surface area contributed by atoms with Crippen LogP contribution < -0.4 is 11.1 Å². The number of nitrogens with two attached hydrogens (primary N) is 1. The Morgan fingerprint density at radius 1 is 1.62 bits per heavy atom. The lowest BCUT2D eigenvalue weighted by molar-refractivity contribution is 0.595. The molecule has 0 amide bonds. The Morgan fingerprint density at radius 2 is 2.31 bits per heavy atom. The van der Waals surface area contributed by atoms with Gasteiger partial charge in [-0.15, -0.1) is 6.58 Å². The van der Waals surface area contributed by atoms with Crippen molar-refractivity contribution in [1.82, 2.24) is 4.37 Å². The normalized spacial score (nSPS) is 11.3. The molecule has 0 atom stereocenters. The van der Waals surface area contributed by atoms with Gasteiger partial charge in [-0.1, -0.05) is 13.0 Å². The van der Waals surface area contributed by atoms with E-state index in [0.29, 0.717) is 18.0 Å². The van der Waals surface area contributed by atoms with Gasteiger partial charge < -0.3 is 11.1 Å². The van der Waals surface area contributed by atoms with E-state index >= 15 is 0 Å². The number of sulfone groups is 1. The number of nitrogen functional groups attached to an aromatic ring is 1. The summed E-state index contributed by atoms with van der Waals surface area (Å²) >= 11 is 1.06. The minimum absolute atomic E-state index is 0.0741. The molecule has 16 heavy (non-hydrogen) atoms. The van der Waals surface area contributed by atoms with Crippen molar-refractivity contribution in [3.05, 3.63) is 12.7 Å². The van der Waals surface area contributed by atoms with E-state index in [1.54, 1.807) is 6.08 Å². The number of hydrogen-bond donors (Lipinski definition) is 2. The lowest BCUT2D eigenvalue weighted by Crippen LogP contribution is -2.10. The second-order valence-corrected chi connectivity index (χ2v) is 6.03. The van der Waals surface area contributed by atoms with Gasteiger partial charge in [0.05, 0.1) is 5.75 Å². The molecule has 90 valence electrons. The summed E-state index contributed by atoms with van der Waals surface area (Å²) in [6.45, 7) is 5.84. The zero-order chi connectivity index (χ0) is 12.2. The van der Waals surface area contributed by atoms with Gasteiger partial charge in [0.15, 0.2) is 15.7 Å². The van der Waals surface area contributed by atoms with Gasteiger partial charge in [0.2, 0.25) is 0 Å². The van der Waals surface area contributed by atoms with Crippen molar-refractivity contribution in [2.24, 2.45) is 0 Å². The van der Waals surface area contributed by atoms with Crippen LogP contribution in [-0.4, -0.2) is 25.1 Å². The maximum Gasteiger partial charge on any atom is 0.185 e. The first-order chi connectivity index (χ1) is 7.53. The molecule has 0 fully saturated rings. The van der Waals surface area contributed by atoms with Gasteiger partial charge in [0.1, 0.15) is 9.90 Å². The van der Waals surface area contributed by atoms with Crippen LogP contribution in [0.3, 0.4) is 0 Å². The average molecular weight is 261 g/mol. The molecule has 0 saturated carbocycles. The molecule has 5 nitrogen and oxygen atoms in total. The topological polar surface area (TPSA) is 85.1 Å². The highest BCUT2D eigenvalue weighted by atomic mass is 32.2. The maximum absolute atomic E-state index is 11.9. The van der Waals surface area contributed by atoms with E-state index < -0.39 is 9.84 Å². The molecule has 1 aromatic rings. The summed E-state index contributed by atoms with van der Waals surface area (Å²) in [4.78, 5) is 0.126. The summed E-state index contributed by atoms with van der Waals surface area (Å²) in [7, 11) is -3.33. The highest BCUT2D eigenvalue weighted by molar-refractivity contribution is 7.91. The second kappa shape index (κ2) is 5.31. The Bertz CT molecular complexity index is 465. The molecular weight excluding hydrogens is 246 g/mol. The van der Waals surface area contributed by atoms with Crippen LogP contribution in [0.15, 0.2) is 17.6 Å². The molecule has 0 spiro atoms. The number of nitrogens with one attached hydrogen (secondary N) is 1. The summed E-state index contributed by atoms with van der Waals surface area (Å²) in [5, 5.41) is 3.42. The van der Waals surface area contributed by atoms with Crippen molar-refractivity contribution in [2.45, 2.75) is 18.2 Å². The van der Waals surface area contributed by atoms with Crippen LogP contribution in [0, 0.1) is 0 Å². The minimum atomic E-state index is -3.33. The van der Waals surface area contributed by atoms with Gasteiger partial charge in [-0.05, 0) is 18.0 Å². The molecular formula is C9H15N3O2S2. The predicted octanol–water partition coefficient (Wildman–Crippen LogP) is 1.51. The van der Waals surface area contributed by atoms with Gasteiger partial charge >= 0.3 is 0 Å². The third-order valence-electron chi connectivity index (χ3n) is 1.86. The van der Waals surface area contributed by atoms with Gasteiger partial charge in [-0.2, -0.15) is 4.37 Å². The third-order valence-corrected chi connectivity index (χ3v) is 4.79. The van der Waals surface area contributed by atoms with E-state index in [0.717, 1.165) is 11.5 Å². The predicted molar refractivity (Wildman–Crippen MR) is 67.6 cm³/mol. The molecule has 0 aromatic carbocycles. The van der Waals surface area contributed by atoms with Crippen molar-refractivity contribution in [3.8, 4) is 0 Å². The number of hydrogen-bond acceptors (Lipinski definition) is 6. The maximum atomic E-state index is 11.9. The fraction of sp³-hybridized carbons (Fsp3) is 0.444. The number of aromatic nitrogens is 1. The van der Waals surface area contributed by atoms with E-state index in [4.69, 9.17) is 5.73 Å². The highest BCUT2D eigenvalue weighted by Crippen LogP contribution is 2.32. The van der Waals surface area contributed by atoms with E-state index in [1.165, 1.54) is 0 Å². The van der Waals surface area contributed by atoms with E-state index in [-0.39, 0.29) is 16.5 Å². The Hall–Kier alpha value is -1.08. The molecule has 0 saturated heterocycles. The minimum Gasteiger partial charge on any atom is -0.382 e. The lowest BCUT2D eigenvalue weighted by Gasteiger charge is -2.05. The quantitative estimate of drug-likeness (QED) is 0.758. The van der Waals surface area contributed by atoms with Crippen LogP contribution >= 0.6 is 11.5 Å². The smallest absolute Gasteiger partial charge is 0.185 e. The van der Waals surface area contributed by atoms with Gasteiger partial charge in [-0.25, -0.2) is 8.42 Å². The molecule has 0 aliphatic carbocycles. The van der Waals surface area contributed by atoms with Gasteiger partial charge in [-0.3, -0.25) is 0 Å². The van der Waals surface area contributed by atoms with Crippen molar-refractivity contribution in [2.75, 3.05) is 23.3 Å². The summed E-state index contributed by atoms with van der Waals surface area (Å²) < 4.78 is 27.7. The fourth-order valence-corrected chi connectivity index (χ4v) is 3.87. The number of rotatable bonds is 6.